The van der Waals surface area contributed by atoms with E-state index in [1.165, 1.54) is 128 Å². The van der Waals surface area contributed by atoms with E-state index in [9.17, 15) is 0 Å². The van der Waals surface area contributed by atoms with E-state index in [0.29, 0.717) is 0 Å². The van der Waals surface area contributed by atoms with Gasteiger partial charge in [-0.3, -0.25) is 9.11 Å². The molecule has 38 heavy (non-hydrogen) atoms. The molecule has 2 aliphatic heterocycles. The molecule has 236 valence electrons. The molecule has 9 nitrogen and oxygen atoms in total. The van der Waals surface area contributed by atoms with E-state index >= 15 is 0 Å². The van der Waals surface area contributed by atoms with Gasteiger partial charge >= 0.3 is 10.4 Å². The average Bonchev–Trinajstić information content (AvgIpc) is 3.71. The summed E-state index contributed by atoms with van der Waals surface area (Å²) in [4.78, 5) is 0. The first-order valence-electron chi connectivity index (χ1n) is 14.8. The van der Waals surface area contributed by atoms with Crippen LogP contribution in [0.4, 0.5) is 0 Å². The van der Waals surface area contributed by atoms with Crippen LogP contribution in [0.25, 0.3) is 0 Å². The zero-order valence-electron chi connectivity index (χ0n) is 25.1. The topological polar surface area (TPSA) is 179 Å². The minimum Gasteiger partial charge on any atom is -0.381 e. The summed E-state index contributed by atoms with van der Waals surface area (Å²) in [6, 6.07) is 0. The lowest BCUT2D eigenvalue weighted by molar-refractivity contribution is 0.125. The highest BCUT2D eigenvalue weighted by atomic mass is 32.3. The van der Waals surface area contributed by atoms with Crippen molar-refractivity contribution in [3.05, 3.63) is 0 Å². The fourth-order valence-electron chi connectivity index (χ4n) is 3.49. The summed E-state index contributed by atoms with van der Waals surface area (Å²) in [5, 5.41) is 0. The molecule has 0 aromatic heterocycles. The Balaban J connectivity index is -0.000000364. The lowest BCUT2D eigenvalue weighted by Gasteiger charge is -2.05. The van der Waals surface area contributed by atoms with Gasteiger partial charge in [-0.15, -0.1) is 0 Å². The van der Waals surface area contributed by atoms with Crippen LogP contribution >= 0.6 is 0 Å². The van der Waals surface area contributed by atoms with E-state index in [1.807, 2.05) is 0 Å². The number of epoxide rings is 2. The average molecular weight is 575 g/mol. The predicted molar refractivity (Wildman–Crippen MR) is 160 cm³/mol. The fourth-order valence-corrected chi connectivity index (χ4v) is 3.49. The Labute approximate surface area is 236 Å². The molecular weight excluding hydrogens is 508 g/mol. The van der Waals surface area contributed by atoms with Crippen LogP contribution in [0.3, 0.4) is 0 Å². The summed E-state index contributed by atoms with van der Waals surface area (Å²) in [7, 11) is -4.67. The molecule has 0 spiro atoms. The summed E-state index contributed by atoms with van der Waals surface area (Å²) in [5.41, 5.74) is 0. The highest BCUT2D eigenvalue weighted by Crippen LogP contribution is 2.12. The third-order valence-electron chi connectivity index (χ3n) is 5.69. The van der Waals surface area contributed by atoms with Gasteiger partial charge in [-0.25, -0.2) is 0 Å². The molecule has 0 aromatic rings. The Morgan fingerprint density at radius 2 is 0.684 bits per heavy atom. The third kappa shape index (κ3) is 76.5. The lowest BCUT2D eigenvalue weighted by Crippen LogP contribution is -1.97. The molecule has 0 saturated carbocycles. The first-order valence-corrected chi connectivity index (χ1v) is 16.2. The third-order valence-corrected chi connectivity index (χ3v) is 5.69. The molecule has 2 fully saturated rings. The summed E-state index contributed by atoms with van der Waals surface area (Å²) >= 11 is 0. The number of ether oxygens (including phenoxy) is 3. The second-order valence-corrected chi connectivity index (χ2v) is 10.5. The van der Waals surface area contributed by atoms with Crippen molar-refractivity contribution in [2.75, 3.05) is 39.6 Å². The molecule has 2 rings (SSSR count). The van der Waals surface area contributed by atoms with Crippen molar-refractivity contribution >= 4 is 10.4 Å². The smallest absolute Gasteiger partial charge is 0.381 e. The van der Waals surface area contributed by atoms with Gasteiger partial charge in [-0.1, -0.05) is 129 Å². The van der Waals surface area contributed by atoms with Crippen LogP contribution in [0.15, 0.2) is 0 Å². The maximum Gasteiger partial charge on any atom is 0.394 e. The predicted octanol–water partition coefficient (Wildman–Crippen LogP) is 8.55. The number of rotatable bonds is 22. The molecule has 0 radical (unpaired) electrons. The Morgan fingerprint density at radius 3 is 0.868 bits per heavy atom. The molecule has 2 saturated heterocycles. The second-order valence-electron chi connectivity index (χ2n) is 9.65. The normalized spacial score (nSPS) is 12.7. The van der Waals surface area contributed by atoms with Crippen LogP contribution < -0.4 is 12.3 Å². The van der Waals surface area contributed by atoms with E-state index in [1.54, 1.807) is 0 Å². The second kappa shape index (κ2) is 38.8. The van der Waals surface area contributed by atoms with Gasteiger partial charge in [0.1, 0.15) is 0 Å². The molecule has 0 bridgehead atoms. The summed E-state index contributed by atoms with van der Waals surface area (Å²) in [5.74, 6) is 0. The van der Waals surface area contributed by atoms with Crippen LogP contribution in [0.2, 0.25) is 0 Å². The first kappa shape index (κ1) is 44.7. The standard InChI is InChI=1S/C24H50O.2C2H4O.2H3N.H2O4S/c1-3-5-7-9-11-13-15-17-19-21-23-25-24-22-20-18-16-14-12-10-8-6-4-2;2*1-2-3-1;;;1-5(2,3)4/h3-24H2,1-2H3;2*1-2H2;2*1H3;(H2,1,2,3,4). The number of hydrogen-bond acceptors (Lipinski definition) is 7. The van der Waals surface area contributed by atoms with Crippen molar-refractivity contribution in [2.45, 2.75) is 142 Å². The van der Waals surface area contributed by atoms with Gasteiger partial charge in [-0.2, -0.15) is 8.42 Å². The largest absolute Gasteiger partial charge is 0.394 e. The van der Waals surface area contributed by atoms with Crippen LogP contribution in [-0.2, 0) is 24.6 Å². The van der Waals surface area contributed by atoms with Crippen LogP contribution in [0.5, 0.6) is 0 Å². The molecule has 0 amide bonds. The Bertz CT molecular complexity index is 452. The lowest BCUT2D eigenvalue weighted by atomic mass is 10.1. The van der Waals surface area contributed by atoms with Crippen molar-refractivity contribution in [3.8, 4) is 0 Å². The van der Waals surface area contributed by atoms with Crippen LogP contribution in [0, 0.1) is 0 Å². The van der Waals surface area contributed by atoms with E-state index in [2.05, 4.69) is 23.3 Å². The Morgan fingerprint density at radius 1 is 0.500 bits per heavy atom. The Kier molecular flexibility index (Phi) is 45.6. The number of unbranched alkanes of at least 4 members (excludes halogenated alkanes) is 18. The number of hydrogen-bond donors (Lipinski definition) is 4. The van der Waals surface area contributed by atoms with E-state index < -0.39 is 10.4 Å². The molecule has 0 atom stereocenters. The molecular formula is C28H66N2O7S. The van der Waals surface area contributed by atoms with Gasteiger partial charge in [0.2, 0.25) is 0 Å². The maximum atomic E-state index is 8.74. The molecule has 0 unspecified atom stereocenters. The van der Waals surface area contributed by atoms with Gasteiger partial charge in [0.15, 0.2) is 0 Å². The molecule has 8 N–H and O–H groups in total. The molecule has 2 aliphatic rings. The van der Waals surface area contributed by atoms with Gasteiger partial charge in [-0.05, 0) is 12.8 Å². The zero-order chi connectivity index (χ0) is 27.0. The van der Waals surface area contributed by atoms with Gasteiger partial charge in [0, 0.05) is 13.2 Å². The summed E-state index contributed by atoms with van der Waals surface area (Å²) < 4.78 is 46.4. The quantitative estimate of drug-likeness (QED) is 0.0559. The summed E-state index contributed by atoms with van der Waals surface area (Å²) in [6.45, 7) is 10.6. The van der Waals surface area contributed by atoms with Crippen LogP contribution in [0.1, 0.15) is 142 Å². The molecule has 0 aromatic carbocycles. The van der Waals surface area contributed by atoms with Gasteiger partial charge < -0.3 is 26.5 Å². The van der Waals surface area contributed by atoms with Crippen molar-refractivity contribution in [1.82, 2.24) is 12.3 Å². The van der Waals surface area contributed by atoms with Gasteiger partial charge in [0.25, 0.3) is 0 Å². The van der Waals surface area contributed by atoms with Gasteiger partial charge in [0.05, 0.1) is 26.4 Å². The van der Waals surface area contributed by atoms with E-state index in [4.69, 9.17) is 22.3 Å². The first-order chi connectivity index (χ1) is 17.4. The minimum atomic E-state index is -4.67. The highest BCUT2D eigenvalue weighted by Gasteiger charge is 1.96. The molecule has 10 heteroatoms. The van der Waals surface area contributed by atoms with E-state index in [-0.39, 0.29) is 12.3 Å². The van der Waals surface area contributed by atoms with Crippen molar-refractivity contribution in [3.63, 3.8) is 0 Å². The summed E-state index contributed by atoms with van der Waals surface area (Å²) in [6.07, 6.45) is 28.2. The van der Waals surface area contributed by atoms with Crippen molar-refractivity contribution < 1.29 is 31.7 Å². The fraction of sp³-hybridized carbons (Fsp3) is 1.00. The minimum absolute atomic E-state index is 0. The van der Waals surface area contributed by atoms with E-state index in [0.717, 1.165) is 39.6 Å². The zero-order valence-corrected chi connectivity index (χ0v) is 26.0. The Hall–Kier alpha value is -0.330. The molecule has 0 aliphatic carbocycles. The highest BCUT2D eigenvalue weighted by molar-refractivity contribution is 7.79. The maximum absolute atomic E-state index is 8.74. The SMILES string of the molecule is C1CO1.C1CO1.CCCCCCCCCCCCOCCCCCCCCCCCC.N.N.O=S(=O)(O)O. The van der Waals surface area contributed by atoms with Crippen molar-refractivity contribution in [1.29, 1.82) is 0 Å². The molecule has 2 heterocycles. The monoisotopic (exact) mass is 574 g/mol. The van der Waals surface area contributed by atoms with Crippen molar-refractivity contribution in [2.24, 2.45) is 0 Å². The van der Waals surface area contributed by atoms with Crippen LogP contribution in [-0.4, -0.2) is 57.2 Å².